The van der Waals surface area contributed by atoms with Gasteiger partial charge >= 0.3 is 12.0 Å². The molecule has 1 aromatic rings. The lowest BCUT2D eigenvalue weighted by atomic mass is 10.1. The van der Waals surface area contributed by atoms with Crippen molar-refractivity contribution in [3.05, 3.63) is 48.6 Å². The van der Waals surface area contributed by atoms with Gasteiger partial charge in [-0.05, 0) is 5.56 Å². The summed E-state index contributed by atoms with van der Waals surface area (Å²) in [6.45, 7) is 4.55. The summed E-state index contributed by atoms with van der Waals surface area (Å²) in [5, 5.41) is 1.34. The van der Waals surface area contributed by atoms with Gasteiger partial charge in [0.2, 0.25) is 0 Å². The van der Waals surface area contributed by atoms with Crippen LogP contribution in [0.5, 0.6) is 0 Å². The van der Waals surface area contributed by atoms with E-state index in [0.717, 1.165) is 5.56 Å². The average molecular weight is 302 g/mol. The lowest BCUT2D eigenvalue weighted by molar-refractivity contribution is -0.155. The van der Waals surface area contributed by atoms with Crippen LogP contribution < -0.4 is 0 Å². The normalized spacial score (nSPS) is 23.0. The molecule has 2 heterocycles. The van der Waals surface area contributed by atoms with Crippen molar-refractivity contribution in [3.63, 3.8) is 0 Å². The van der Waals surface area contributed by atoms with Crippen LogP contribution in [-0.2, 0) is 21.0 Å². The minimum atomic E-state index is -0.509. The van der Waals surface area contributed by atoms with Crippen LogP contribution >= 0.6 is 0 Å². The van der Waals surface area contributed by atoms with Gasteiger partial charge in [0.25, 0.3) is 0 Å². The molecule has 2 saturated heterocycles. The van der Waals surface area contributed by atoms with Crippen molar-refractivity contribution in [2.75, 3.05) is 13.2 Å². The molecular weight excluding hydrogens is 284 g/mol. The van der Waals surface area contributed by atoms with E-state index in [1.807, 2.05) is 30.3 Å². The zero-order chi connectivity index (χ0) is 15.5. The second-order valence-corrected chi connectivity index (χ2v) is 5.34. The fraction of sp³-hybridized carbons (Fsp3) is 0.375. The van der Waals surface area contributed by atoms with Crippen LogP contribution in [0.25, 0.3) is 0 Å². The minimum Gasteiger partial charge on any atom is -0.459 e. The number of hydrogen-bond donors (Lipinski definition) is 0. The van der Waals surface area contributed by atoms with Crippen LogP contribution in [0.4, 0.5) is 4.79 Å². The van der Waals surface area contributed by atoms with Gasteiger partial charge in [-0.2, -0.15) is 5.06 Å². The van der Waals surface area contributed by atoms with Gasteiger partial charge in [-0.3, -0.25) is 4.84 Å². The molecule has 1 aromatic carbocycles. The highest BCUT2D eigenvalue weighted by atomic mass is 16.7. The van der Waals surface area contributed by atoms with Gasteiger partial charge in [0, 0.05) is 13.0 Å². The molecule has 2 unspecified atom stereocenters. The lowest BCUT2D eigenvalue weighted by Gasteiger charge is -2.29. The van der Waals surface area contributed by atoms with E-state index in [1.54, 1.807) is 6.08 Å². The van der Waals surface area contributed by atoms with Gasteiger partial charge in [0.1, 0.15) is 12.6 Å². The SMILES string of the molecule is C=CCON1C(=O)N2CC1CC2C(=O)OCc1ccccc1. The van der Waals surface area contributed by atoms with E-state index in [2.05, 4.69) is 6.58 Å². The van der Waals surface area contributed by atoms with Crippen LogP contribution in [-0.4, -0.2) is 47.2 Å². The Kier molecular flexibility index (Phi) is 4.11. The Hall–Kier alpha value is -2.34. The van der Waals surface area contributed by atoms with E-state index in [-0.39, 0.29) is 31.3 Å². The molecule has 0 saturated carbocycles. The van der Waals surface area contributed by atoms with Gasteiger partial charge in [0.15, 0.2) is 0 Å². The summed E-state index contributed by atoms with van der Waals surface area (Å²) in [6.07, 6.45) is 2.12. The standard InChI is InChI=1S/C16H18N2O4/c1-2-8-22-18-13-9-14(17(10-13)16(18)20)15(19)21-11-12-6-4-3-5-7-12/h2-7,13-14H,1,8-11H2. The molecule has 6 nitrogen and oxygen atoms in total. The number of ether oxygens (including phenoxy) is 1. The molecule has 2 bridgehead atoms. The number of nitrogens with zero attached hydrogens (tertiary/aromatic N) is 2. The predicted molar refractivity (Wildman–Crippen MR) is 78.5 cm³/mol. The van der Waals surface area contributed by atoms with Gasteiger partial charge in [-0.25, -0.2) is 9.59 Å². The number of amides is 2. The van der Waals surface area contributed by atoms with E-state index in [4.69, 9.17) is 9.57 Å². The fourth-order valence-corrected chi connectivity index (χ4v) is 2.82. The van der Waals surface area contributed by atoms with E-state index in [0.29, 0.717) is 13.0 Å². The second-order valence-electron chi connectivity index (χ2n) is 5.34. The van der Waals surface area contributed by atoms with Crippen LogP contribution in [0.15, 0.2) is 43.0 Å². The topological polar surface area (TPSA) is 59.1 Å². The smallest absolute Gasteiger partial charge is 0.345 e. The first-order chi connectivity index (χ1) is 10.7. The molecule has 0 radical (unpaired) electrons. The molecule has 0 aliphatic carbocycles. The third-order valence-corrected chi connectivity index (χ3v) is 3.87. The summed E-state index contributed by atoms with van der Waals surface area (Å²) in [4.78, 5) is 31.2. The molecule has 116 valence electrons. The maximum Gasteiger partial charge on any atom is 0.345 e. The molecule has 0 aromatic heterocycles. The van der Waals surface area contributed by atoms with Crippen molar-refractivity contribution in [2.45, 2.75) is 25.1 Å². The van der Waals surface area contributed by atoms with E-state index in [1.165, 1.54) is 9.96 Å². The van der Waals surface area contributed by atoms with E-state index in [9.17, 15) is 9.59 Å². The van der Waals surface area contributed by atoms with Gasteiger partial charge < -0.3 is 9.64 Å². The quantitative estimate of drug-likeness (QED) is 0.593. The highest BCUT2D eigenvalue weighted by Crippen LogP contribution is 2.32. The second kappa shape index (κ2) is 6.19. The van der Waals surface area contributed by atoms with Crippen molar-refractivity contribution >= 4 is 12.0 Å². The number of esters is 1. The number of hydroxylamine groups is 2. The lowest BCUT2D eigenvalue weighted by Crippen LogP contribution is -2.48. The molecule has 2 aliphatic heterocycles. The summed E-state index contributed by atoms with van der Waals surface area (Å²) >= 11 is 0. The van der Waals surface area contributed by atoms with Crippen molar-refractivity contribution in [3.8, 4) is 0 Å². The molecule has 2 fully saturated rings. The Morgan fingerprint density at radius 2 is 2.14 bits per heavy atom. The molecule has 6 heteroatoms. The summed E-state index contributed by atoms with van der Waals surface area (Å²) in [5.41, 5.74) is 0.927. The molecule has 0 N–H and O–H groups in total. The highest BCUT2D eigenvalue weighted by molar-refractivity contribution is 5.86. The zero-order valence-electron chi connectivity index (χ0n) is 12.2. The van der Waals surface area contributed by atoms with Gasteiger partial charge in [-0.15, -0.1) is 6.58 Å². The summed E-state index contributed by atoms with van der Waals surface area (Å²) < 4.78 is 5.32. The van der Waals surface area contributed by atoms with Crippen molar-refractivity contribution < 1.29 is 19.2 Å². The molecule has 2 amide bonds. The number of fused-ring (bicyclic) bond motifs is 2. The third-order valence-electron chi connectivity index (χ3n) is 3.87. The Labute approximate surface area is 128 Å². The van der Waals surface area contributed by atoms with Crippen molar-refractivity contribution in [2.24, 2.45) is 0 Å². The Bertz CT molecular complexity index is 575. The number of hydrogen-bond acceptors (Lipinski definition) is 4. The van der Waals surface area contributed by atoms with Gasteiger partial charge in [0.05, 0.1) is 12.6 Å². The third kappa shape index (κ3) is 2.69. The number of rotatable bonds is 6. The van der Waals surface area contributed by atoms with Crippen LogP contribution in [0.2, 0.25) is 0 Å². The molecule has 22 heavy (non-hydrogen) atoms. The van der Waals surface area contributed by atoms with Crippen LogP contribution in [0.1, 0.15) is 12.0 Å². The van der Waals surface area contributed by atoms with Crippen molar-refractivity contribution in [1.29, 1.82) is 0 Å². The van der Waals surface area contributed by atoms with E-state index < -0.39 is 6.04 Å². The number of urea groups is 1. The van der Waals surface area contributed by atoms with E-state index >= 15 is 0 Å². The molecular formula is C16H18N2O4. The number of benzene rings is 1. The molecule has 3 rings (SSSR count). The Balaban J connectivity index is 1.55. The Morgan fingerprint density at radius 1 is 1.36 bits per heavy atom. The fourth-order valence-electron chi connectivity index (χ4n) is 2.82. The highest BCUT2D eigenvalue weighted by Gasteiger charge is 2.52. The molecule has 2 aliphatic rings. The molecule has 0 spiro atoms. The maximum atomic E-state index is 12.2. The summed E-state index contributed by atoms with van der Waals surface area (Å²) in [5.74, 6) is -0.358. The summed E-state index contributed by atoms with van der Waals surface area (Å²) in [7, 11) is 0. The monoisotopic (exact) mass is 302 g/mol. The zero-order valence-corrected chi connectivity index (χ0v) is 12.2. The van der Waals surface area contributed by atoms with Gasteiger partial charge in [-0.1, -0.05) is 36.4 Å². The number of carbonyl (C=O) groups is 2. The number of carbonyl (C=O) groups excluding carboxylic acids is 2. The predicted octanol–water partition coefficient (Wildman–Crippen LogP) is 1.73. The maximum absolute atomic E-state index is 12.2. The minimum absolute atomic E-state index is 0.0956. The summed E-state index contributed by atoms with van der Waals surface area (Å²) in [6, 6.07) is 8.59. The largest absolute Gasteiger partial charge is 0.459 e. The molecule has 2 atom stereocenters. The Morgan fingerprint density at radius 3 is 2.82 bits per heavy atom. The van der Waals surface area contributed by atoms with Crippen molar-refractivity contribution in [1.82, 2.24) is 9.96 Å². The first-order valence-corrected chi connectivity index (χ1v) is 7.25. The first-order valence-electron chi connectivity index (χ1n) is 7.25. The van der Waals surface area contributed by atoms with Crippen LogP contribution in [0.3, 0.4) is 0 Å². The van der Waals surface area contributed by atoms with Crippen LogP contribution in [0, 0.1) is 0 Å². The first kappa shape index (κ1) is 14.6. The average Bonchev–Trinajstić information content (AvgIpc) is 3.10.